The zero-order valence-electron chi connectivity index (χ0n) is 8.88. The number of nitrogens with one attached hydrogen (secondary N) is 2. The quantitative estimate of drug-likeness (QED) is 0.791. The Labute approximate surface area is 112 Å². The number of carbonyl (C=O) groups excluding carboxylic acids is 2. The molecule has 88 valence electrons. The monoisotopic (exact) mass is 352 g/mol. The average Bonchev–Trinajstić information content (AvgIpc) is 2.65. The standard InChI is InChI=1S/C10H13IN2O2S/c1-2-12-9(14)3-4-13-10(15)7-5-8(11)16-6-7/h5-6H,2-4H2,1H3,(H,12,14)(H,13,15). The second-order valence-corrected chi connectivity index (χ2v) is 5.90. The van der Waals surface area contributed by atoms with Crippen LogP contribution in [0.1, 0.15) is 23.7 Å². The maximum absolute atomic E-state index is 11.6. The summed E-state index contributed by atoms with van der Waals surface area (Å²) in [6, 6.07) is 1.83. The van der Waals surface area contributed by atoms with Crippen molar-refractivity contribution in [3.05, 3.63) is 19.9 Å². The molecule has 0 atom stereocenters. The smallest absolute Gasteiger partial charge is 0.252 e. The molecular weight excluding hydrogens is 339 g/mol. The largest absolute Gasteiger partial charge is 0.356 e. The highest BCUT2D eigenvalue weighted by molar-refractivity contribution is 14.1. The van der Waals surface area contributed by atoms with Crippen LogP contribution in [-0.2, 0) is 4.79 Å². The van der Waals surface area contributed by atoms with Crippen LogP contribution in [-0.4, -0.2) is 24.9 Å². The van der Waals surface area contributed by atoms with Crippen molar-refractivity contribution in [2.75, 3.05) is 13.1 Å². The normalized spacial score (nSPS) is 9.88. The van der Waals surface area contributed by atoms with Gasteiger partial charge in [-0.1, -0.05) is 0 Å². The molecule has 0 spiro atoms. The predicted octanol–water partition coefficient (Wildman–Crippen LogP) is 1.61. The second kappa shape index (κ2) is 6.85. The van der Waals surface area contributed by atoms with Crippen molar-refractivity contribution in [3.8, 4) is 0 Å². The fraction of sp³-hybridized carbons (Fsp3) is 0.400. The van der Waals surface area contributed by atoms with E-state index in [1.807, 2.05) is 18.4 Å². The van der Waals surface area contributed by atoms with Crippen LogP contribution in [0.4, 0.5) is 0 Å². The first-order valence-corrected chi connectivity index (χ1v) is 6.88. The van der Waals surface area contributed by atoms with Crippen molar-refractivity contribution in [3.63, 3.8) is 0 Å². The summed E-state index contributed by atoms with van der Waals surface area (Å²) in [6.07, 6.45) is 0.320. The molecule has 0 aliphatic heterocycles. The van der Waals surface area contributed by atoms with Gasteiger partial charge in [-0.3, -0.25) is 9.59 Å². The summed E-state index contributed by atoms with van der Waals surface area (Å²) < 4.78 is 1.08. The maximum atomic E-state index is 11.6. The highest BCUT2D eigenvalue weighted by Crippen LogP contribution is 2.16. The van der Waals surface area contributed by atoms with Crippen molar-refractivity contribution in [2.45, 2.75) is 13.3 Å². The van der Waals surface area contributed by atoms with Crippen molar-refractivity contribution < 1.29 is 9.59 Å². The number of thiophene rings is 1. The van der Waals surface area contributed by atoms with E-state index in [1.165, 1.54) is 11.3 Å². The molecule has 0 unspecified atom stereocenters. The minimum absolute atomic E-state index is 0.0392. The summed E-state index contributed by atoms with van der Waals surface area (Å²) in [5.41, 5.74) is 0.658. The van der Waals surface area contributed by atoms with Gasteiger partial charge in [0, 0.05) is 24.9 Å². The minimum Gasteiger partial charge on any atom is -0.356 e. The number of rotatable bonds is 5. The molecule has 1 aromatic rings. The summed E-state index contributed by atoms with van der Waals surface area (Å²) >= 11 is 3.69. The first-order chi connectivity index (χ1) is 7.63. The fourth-order valence-electron chi connectivity index (χ4n) is 1.11. The topological polar surface area (TPSA) is 58.2 Å². The van der Waals surface area contributed by atoms with Gasteiger partial charge in [0.05, 0.1) is 8.45 Å². The molecule has 1 heterocycles. The molecule has 0 saturated heterocycles. The van der Waals surface area contributed by atoms with Gasteiger partial charge in [-0.2, -0.15) is 0 Å². The highest BCUT2D eigenvalue weighted by atomic mass is 127. The molecular formula is C10H13IN2O2S. The van der Waals surface area contributed by atoms with Crippen molar-refractivity contribution in [1.29, 1.82) is 0 Å². The van der Waals surface area contributed by atoms with E-state index < -0.39 is 0 Å². The van der Waals surface area contributed by atoms with Crippen LogP contribution >= 0.6 is 33.9 Å². The van der Waals surface area contributed by atoms with Gasteiger partial charge >= 0.3 is 0 Å². The average molecular weight is 352 g/mol. The fourth-order valence-corrected chi connectivity index (χ4v) is 2.43. The lowest BCUT2D eigenvalue weighted by molar-refractivity contribution is -0.120. The van der Waals surface area contributed by atoms with Gasteiger partial charge in [0.1, 0.15) is 0 Å². The van der Waals surface area contributed by atoms with Crippen LogP contribution in [0.15, 0.2) is 11.4 Å². The molecule has 2 amide bonds. The predicted molar refractivity (Wildman–Crippen MR) is 72.7 cm³/mol. The van der Waals surface area contributed by atoms with Crippen LogP contribution in [0.25, 0.3) is 0 Å². The lowest BCUT2D eigenvalue weighted by atomic mass is 10.3. The molecule has 0 aliphatic rings. The van der Waals surface area contributed by atoms with Crippen LogP contribution in [0.3, 0.4) is 0 Å². The Morgan fingerprint density at radius 2 is 2.19 bits per heavy atom. The van der Waals surface area contributed by atoms with Crippen molar-refractivity contribution >= 4 is 45.7 Å². The van der Waals surface area contributed by atoms with E-state index in [2.05, 4.69) is 33.2 Å². The summed E-state index contributed by atoms with van der Waals surface area (Å²) in [6.45, 7) is 2.86. The van der Waals surface area contributed by atoms with Gasteiger partial charge in [-0.25, -0.2) is 0 Å². The van der Waals surface area contributed by atoms with Gasteiger partial charge in [0.25, 0.3) is 5.91 Å². The summed E-state index contributed by atoms with van der Waals surface area (Å²) in [7, 11) is 0. The van der Waals surface area contributed by atoms with Crippen LogP contribution in [0, 0.1) is 2.88 Å². The molecule has 0 fully saturated rings. The molecule has 4 nitrogen and oxygen atoms in total. The summed E-state index contributed by atoms with van der Waals surface area (Å²) in [5.74, 6) is -0.161. The second-order valence-electron chi connectivity index (χ2n) is 3.10. The van der Waals surface area contributed by atoms with Crippen LogP contribution in [0.5, 0.6) is 0 Å². The first-order valence-electron chi connectivity index (χ1n) is 4.92. The van der Waals surface area contributed by atoms with E-state index in [0.717, 1.165) is 2.88 Å². The Morgan fingerprint density at radius 1 is 1.44 bits per heavy atom. The van der Waals surface area contributed by atoms with Crippen LogP contribution < -0.4 is 10.6 Å². The van der Waals surface area contributed by atoms with Gasteiger partial charge in [-0.05, 0) is 35.6 Å². The Morgan fingerprint density at radius 3 is 2.75 bits per heavy atom. The molecule has 0 bridgehead atoms. The molecule has 0 aliphatic carbocycles. The molecule has 2 N–H and O–H groups in total. The molecule has 6 heteroatoms. The Hall–Kier alpha value is -0.630. The maximum Gasteiger partial charge on any atom is 0.252 e. The third-order valence-corrected chi connectivity index (χ3v) is 3.63. The molecule has 1 aromatic heterocycles. The number of amides is 2. The molecule has 16 heavy (non-hydrogen) atoms. The van der Waals surface area contributed by atoms with E-state index in [-0.39, 0.29) is 11.8 Å². The molecule has 1 rings (SSSR count). The van der Waals surface area contributed by atoms with Crippen molar-refractivity contribution in [1.82, 2.24) is 10.6 Å². The lowest BCUT2D eigenvalue weighted by Gasteiger charge is -2.03. The minimum atomic E-state index is -0.122. The third-order valence-electron chi connectivity index (χ3n) is 1.84. The summed E-state index contributed by atoms with van der Waals surface area (Å²) in [4.78, 5) is 22.7. The summed E-state index contributed by atoms with van der Waals surface area (Å²) in [5, 5.41) is 7.19. The Kier molecular flexibility index (Phi) is 5.75. The molecule has 0 saturated carbocycles. The Balaban J connectivity index is 2.28. The SMILES string of the molecule is CCNC(=O)CCNC(=O)c1csc(I)c1. The van der Waals surface area contributed by atoms with E-state index >= 15 is 0 Å². The van der Waals surface area contributed by atoms with E-state index in [9.17, 15) is 9.59 Å². The van der Waals surface area contributed by atoms with E-state index in [4.69, 9.17) is 0 Å². The molecule has 0 aromatic carbocycles. The van der Waals surface area contributed by atoms with Gasteiger partial charge < -0.3 is 10.6 Å². The van der Waals surface area contributed by atoms with E-state index in [0.29, 0.717) is 25.1 Å². The van der Waals surface area contributed by atoms with Gasteiger partial charge in [0.15, 0.2) is 0 Å². The highest BCUT2D eigenvalue weighted by Gasteiger charge is 2.07. The zero-order valence-corrected chi connectivity index (χ0v) is 11.9. The number of hydrogen-bond donors (Lipinski definition) is 2. The number of halogens is 1. The molecule has 0 radical (unpaired) electrons. The van der Waals surface area contributed by atoms with Crippen LogP contribution in [0.2, 0.25) is 0 Å². The third kappa shape index (κ3) is 4.48. The van der Waals surface area contributed by atoms with E-state index in [1.54, 1.807) is 0 Å². The number of hydrogen-bond acceptors (Lipinski definition) is 3. The Bertz CT molecular complexity index is 379. The lowest BCUT2D eigenvalue weighted by Crippen LogP contribution is -2.30. The number of carbonyl (C=O) groups is 2. The van der Waals surface area contributed by atoms with Crippen molar-refractivity contribution in [2.24, 2.45) is 0 Å². The van der Waals surface area contributed by atoms with Gasteiger partial charge in [-0.15, -0.1) is 11.3 Å². The van der Waals surface area contributed by atoms with Gasteiger partial charge in [0.2, 0.25) is 5.91 Å². The first kappa shape index (κ1) is 13.4. The zero-order chi connectivity index (χ0) is 12.0.